The Morgan fingerprint density at radius 1 is 0.962 bits per heavy atom. The number of ether oxygens (including phenoxy) is 5. The van der Waals surface area contributed by atoms with Crippen LogP contribution < -0.4 is 4.74 Å². The Hall–Kier alpha value is -1.92. The van der Waals surface area contributed by atoms with Crippen molar-refractivity contribution in [2.24, 2.45) is 33.5 Å². The lowest BCUT2D eigenvalue weighted by Crippen LogP contribution is -2.71. The van der Waals surface area contributed by atoms with Gasteiger partial charge in [-0.1, -0.05) is 74.4 Å². The molecular weight excluding hydrogens is 689 g/mol. The quantitative estimate of drug-likeness (QED) is 0.120. The van der Waals surface area contributed by atoms with Crippen molar-refractivity contribution in [1.82, 2.24) is 0 Å². The van der Waals surface area contributed by atoms with E-state index in [4.69, 9.17) is 28.1 Å². The molecule has 10 heteroatoms. The normalized spacial score (nSPS) is 37.1. The molecule has 5 aliphatic rings. The molecule has 53 heavy (non-hydrogen) atoms. The third-order valence-electron chi connectivity index (χ3n) is 15.3. The van der Waals surface area contributed by atoms with Crippen LogP contribution in [0.2, 0.25) is 16.6 Å². The Labute approximate surface area is 319 Å². The molecule has 1 aromatic carbocycles. The van der Waals surface area contributed by atoms with Gasteiger partial charge in [-0.2, -0.15) is 0 Å². The first-order valence-corrected chi connectivity index (χ1v) is 22.4. The number of ketones is 2. The number of Topliss-reactive ketones (excluding diaryl/α,β-unsaturated/α-hetero) is 2. The maximum absolute atomic E-state index is 15.1. The van der Waals surface area contributed by atoms with Crippen molar-refractivity contribution in [2.45, 2.75) is 142 Å². The highest BCUT2D eigenvalue weighted by molar-refractivity contribution is 6.77. The molecule has 1 aromatic rings. The third-order valence-corrected chi connectivity index (χ3v) is 21.3. The van der Waals surface area contributed by atoms with Gasteiger partial charge in [0.25, 0.3) is 0 Å². The predicted molar refractivity (Wildman–Crippen MR) is 206 cm³/mol. The van der Waals surface area contributed by atoms with Crippen LogP contribution in [-0.4, -0.2) is 77.2 Å². The van der Waals surface area contributed by atoms with Gasteiger partial charge in [0.15, 0.2) is 20.4 Å². The Bertz CT molecular complexity index is 1510. The number of allylic oxidation sites excluding steroid dienone is 1. The first-order chi connectivity index (χ1) is 25.0. The maximum Gasteiger partial charge on any atom is 0.231 e. The monoisotopic (exact) mass is 754 g/mol. The average Bonchev–Trinajstić information content (AvgIpc) is 3.74. The van der Waals surface area contributed by atoms with Crippen LogP contribution in [0.5, 0.6) is 5.75 Å². The van der Waals surface area contributed by atoms with Crippen LogP contribution in [0.4, 0.5) is 0 Å². The van der Waals surface area contributed by atoms with E-state index in [-0.39, 0.29) is 47.7 Å². The van der Waals surface area contributed by atoms with Crippen LogP contribution >= 0.6 is 0 Å². The number of carbonyl (C=O) groups is 2. The lowest BCUT2D eigenvalue weighted by molar-refractivity contribution is -0.272. The van der Waals surface area contributed by atoms with Gasteiger partial charge in [0.2, 0.25) is 5.78 Å². The Kier molecular flexibility index (Phi) is 11.7. The SMILES string of the molecule is COCO[C@H]1C[C@H]2[C@@](C)(/C=C3\Oc4ccccc4C3=O)[C@@H](O)CC[C@]2(C)[C@H]2CCC(=O)[C@](CCC3OCCO3)(CO[Si](C(C)C)(C(C)C)C(C)C)[C@]12C. The summed E-state index contributed by atoms with van der Waals surface area (Å²) < 4.78 is 38.1. The predicted octanol–water partition coefficient (Wildman–Crippen LogP) is 8.64. The molecule has 1 saturated heterocycles. The summed E-state index contributed by atoms with van der Waals surface area (Å²) in [5.41, 5.74) is -0.976. The van der Waals surface area contributed by atoms with Crippen LogP contribution in [0, 0.1) is 33.5 Å². The highest BCUT2D eigenvalue weighted by atomic mass is 28.4. The van der Waals surface area contributed by atoms with Crippen molar-refractivity contribution in [2.75, 3.05) is 33.7 Å². The second-order valence-electron chi connectivity index (χ2n) is 18.4. The molecule has 0 bridgehead atoms. The molecule has 0 spiro atoms. The summed E-state index contributed by atoms with van der Waals surface area (Å²) in [4.78, 5) is 28.8. The van der Waals surface area contributed by atoms with Gasteiger partial charge in [0.05, 0.1) is 36.4 Å². The fraction of sp³-hybridized carbons (Fsp3) is 0.767. The molecule has 0 aromatic heterocycles. The zero-order valence-corrected chi connectivity index (χ0v) is 35.0. The van der Waals surface area contributed by atoms with Crippen LogP contribution in [0.25, 0.3) is 0 Å². The molecule has 1 N–H and O–H groups in total. The summed E-state index contributed by atoms with van der Waals surface area (Å²) in [7, 11) is -0.756. The van der Waals surface area contributed by atoms with Crippen LogP contribution in [0.1, 0.15) is 118 Å². The smallest absolute Gasteiger partial charge is 0.231 e. The zero-order valence-electron chi connectivity index (χ0n) is 34.0. The first-order valence-electron chi connectivity index (χ1n) is 20.3. The number of aliphatic hydroxyl groups excluding tert-OH is 1. The second-order valence-corrected chi connectivity index (χ2v) is 23.9. The number of para-hydroxylation sites is 1. The number of fused-ring (bicyclic) bond motifs is 4. The Morgan fingerprint density at radius 3 is 2.25 bits per heavy atom. The van der Waals surface area contributed by atoms with Crippen LogP contribution in [-0.2, 0) is 28.2 Å². The zero-order chi connectivity index (χ0) is 38.6. The van der Waals surface area contributed by atoms with E-state index in [1.807, 2.05) is 24.3 Å². The minimum Gasteiger partial charge on any atom is -0.453 e. The fourth-order valence-electron chi connectivity index (χ4n) is 12.7. The minimum atomic E-state index is -2.39. The average molecular weight is 755 g/mol. The summed E-state index contributed by atoms with van der Waals surface area (Å²) >= 11 is 0. The summed E-state index contributed by atoms with van der Waals surface area (Å²) in [6.45, 7) is 22.1. The Morgan fingerprint density at radius 2 is 1.62 bits per heavy atom. The molecule has 0 amide bonds. The van der Waals surface area contributed by atoms with E-state index in [2.05, 4.69) is 62.3 Å². The van der Waals surface area contributed by atoms with Crippen molar-refractivity contribution >= 4 is 19.9 Å². The molecule has 2 heterocycles. The molecule has 3 aliphatic carbocycles. The summed E-state index contributed by atoms with van der Waals surface area (Å²) in [5.74, 6) is 0.888. The maximum atomic E-state index is 15.1. The summed E-state index contributed by atoms with van der Waals surface area (Å²) in [6.07, 6.45) is 4.78. The topological polar surface area (TPSA) is 110 Å². The van der Waals surface area contributed by atoms with E-state index in [1.54, 1.807) is 13.2 Å². The van der Waals surface area contributed by atoms with Gasteiger partial charge in [-0.3, -0.25) is 9.59 Å². The highest BCUT2D eigenvalue weighted by Crippen LogP contribution is 2.72. The first kappa shape index (κ1) is 40.7. The number of aliphatic hydroxyl groups is 1. The molecule has 6 rings (SSSR count). The van der Waals surface area contributed by atoms with Gasteiger partial charge in [-0.05, 0) is 90.6 Å². The van der Waals surface area contributed by atoms with Crippen molar-refractivity contribution in [1.29, 1.82) is 0 Å². The van der Waals surface area contributed by atoms with E-state index in [0.29, 0.717) is 79.9 Å². The molecule has 3 saturated carbocycles. The van der Waals surface area contributed by atoms with E-state index in [1.165, 1.54) is 0 Å². The number of rotatable bonds is 13. The van der Waals surface area contributed by atoms with Gasteiger partial charge in [-0.15, -0.1) is 0 Å². The number of hydrogen-bond donors (Lipinski definition) is 1. The fourth-order valence-corrected chi connectivity index (χ4v) is 18.2. The number of benzene rings is 1. The van der Waals surface area contributed by atoms with Gasteiger partial charge >= 0.3 is 0 Å². The lowest BCUT2D eigenvalue weighted by Gasteiger charge is -2.70. The molecule has 4 fully saturated rings. The minimum absolute atomic E-state index is 0.0538. The van der Waals surface area contributed by atoms with Crippen molar-refractivity contribution in [3.63, 3.8) is 0 Å². The van der Waals surface area contributed by atoms with E-state index in [0.717, 1.165) is 12.8 Å². The molecule has 9 nitrogen and oxygen atoms in total. The molecule has 2 aliphatic heterocycles. The summed E-state index contributed by atoms with van der Waals surface area (Å²) in [5, 5.41) is 12.0. The van der Waals surface area contributed by atoms with Crippen molar-refractivity contribution < 1.29 is 42.8 Å². The molecule has 8 atom stereocenters. The lowest BCUT2D eigenvalue weighted by atomic mass is 9.35. The highest BCUT2D eigenvalue weighted by Gasteiger charge is 2.72. The molecule has 0 radical (unpaired) electrons. The van der Waals surface area contributed by atoms with Crippen LogP contribution in [0.3, 0.4) is 0 Å². The molecule has 296 valence electrons. The largest absolute Gasteiger partial charge is 0.453 e. The van der Waals surface area contributed by atoms with Gasteiger partial charge < -0.3 is 33.2 Å². The number of methoxy groups -OCH3 is 1. The second kappa shape index (κ2) is 15.2. The summed E-state index contributed by atoms with van der Waals surface area (Å²) in [6, 6.07) is 7.32. The standard InChI is InChI=1S/C43H66O9Si/c1-27(2)53(28(3)4,29(5)6)51-25-43(20-18-38-48-21-22-49-38)36(45)16-15-33-40(7)19-17-35(44)41(8,34(40)23-37(42(33,43)9)50-26-47-10)24-32-39(46)30-13-11-12-14-31(30)52-32/h11-14,24,27-29,33-35,37-38,44H,15-23,25-26H2,1-10H3/b32-24-/t33-,34-,35+,37+,40-,41-,42+,43+/m1/s1. The van der Waals surface area contributed by atoms with Gasteiger partial charge in [0, 0.05) is 31.0 Å². The van der Waals surface area contributed by atoms with Crippen molar-refractivity contribution in [3.8, 4) is 5.75 Å². The molecule has 0 unspecified atom stereocenters. The van der Waals surface area contributed by atoms with E-state index in [9.17, 15) is 9.90 Å². The molecular formula is C43H66O9Si. The Balaban J connectivity index is 1.48. The number of hydrogen-bond acceptors (Lipinski definition) is 9. The third kappa shape index (κ3) is 6.44. The van der Waals surface area contributed by atoms with Crippen molar-refractivity contribution in [3.05, 3.63) is 41.7 Å². The van der Waals surface area contributed by atoms with Crippen LogP contribution in [0.15, 0.2) is 36.1 Å². The van der Waals surface area contributed by atoms with E-state index >= 15 is 4.79 Å². The van der Waals surface area contributed by atoms with Gasteiger partial charge in [0.1, 0.15) is 18.3 Å². The van der Waals surface area contributed by atoms with Gasteiger partial charge in [-0.25, -0.2) is 0 Å². The number of carbonyl (C=O) groups excluding carboxylic acids is 2. The van der Waals surface area contributed by atoms with E-state index < -0.39 is 36.8 Å².